The van der Waals surface area contributed by atoms with Gasteiger partial charge >= 0.3 is 0 Å². The Morgan fingerprint density at radius 3 is 2.17 bits per heavy atom. The van der Waals surface area contributed by atoms with Crippen LogP contribution in [0.2, 0.25) is 5.02 Å². The summed E-state index contributed by atoms with van der Waals surface area (Å²) in [7, 11) is 1.88. The zero-order valence-electron chi connectivity index (χ0n) is 41.7. The molecule has 5 N–H and O–H groups in total. The third-order valence-corrected chi connectivity index (χ3v) is 17.1. The number of nitrogens with zero attached hydrogens (tertiary/aromatic N) is 7. The summed E-state index contributed by atoms with van der Waals surface area (Å²) in [6.45, 7) is 15.7. The SMILES string of the molecule is C#Cc1ccc(CNC(=O)[C@@H]2C[C@@H](O)CN2C(=O)[C@@H](NC(=O)[C@H]2CC3(C2)C[C@H](N2CCC(N4CCC(N5CCN(c6cc(-c7ccccc7O)nnc6NC)[C@@H](C)C5)CC4)CC2)C3)C(C)(C)C)c(Cl)c1. The number of nitrogens with one attached hydrogen (secondary N) is 3. The maximum absolute atomic E-state index is 14.2. The number of hydrogen-bond acceptors (Lipinski definition) is 12. The maximum Gasteiger partial charge on any atom is 0.246 e. The lowest BCUT2D eigenvalue weighted by Crippen LogP contribution is -2.62. The standard InChI is InChI=1S/C54H73ClN10O5/c1-7-35-12-13-36(43(55)24-35)31-57-51(69)46-25-41(66)33-65(46)52(70)48(53(3,4)5)58-50(68)37-27-54(28-37)29-40(30-54)62-20-14-38(15-21-62)61-18-16-39(17-19-61)63-22-23-64(34(2)32-63)45-26-44(59-60-49(45)56-6)42-10-8-9-11-47(42)67/h1,8-13,24,26,34,37-41,46,48,66-67H,14-23,25,27-33H2,2-6H3,(H,56,60)(H,57,69)(H,58,68)/t34-,37-,40-,41+,46-,48+,54?/m0/s1. The Morgan fingerprint density at radius 2 is 1.54 bits per heavy atom. The Bertz CT molecular complexity index is 2430. The van der Waals surface area contributed by atoms with Crippen LogP contribution in [0.15, 0.2) is 48.5 Å². The summed E-state index contributed by atoms with van der Waals surface area (Å²) in [5.41, 5.74) is 3.30. The summed E-state index contributed by atoms with van der Waals surface area (Å²) >= 11 is 6.39. The molecule has 4 saturated heterocycles. The molecular formula is C54H73ClN10O5. The normalized spacial score (nSPS) is 27.6. The highest BCUT2D eigenvalue weighted by molar-refractivity contribution is 6.31. The molecule has 70 heavy (non-hydrogen) atoms. The second-order valence-electron chi connectivity index (χ2n) is 22.3. The lowest BCUT2D eigenvalue weighted by atomic mass is 9.49. The molecule has 4 atom stereocenters. The summed E-state index contributed by atoms with van der Waals surface area (Å²) < 4.78 is 0. The summed E-state index contributed by atoms with van der Waals surface area (Å²) in [4.78, 5) is 53.6. The quantitative estimate of drug-likeness (QED) is 0.148. The third kappa shape index (κ3) is 10.5. The molecule has 2 saturated carbocycles. The lowest BCUT2D eigenvalue weighted by molar-refractivity contribution is -0.150. The van der Waals surface area contributed by atoms with Gasteiger partial charge in [0.15, 0.2) is 5.82 Å². The van der Waals surface area contributed by atoms with Gasteiger partial charge in [-0.15, -0.1) is 16.6 Å². The van der Waals surface area contributed by atoms with Gasteiger partial charge < -0.3 is 45.8 Å². The number of aliphatic hydroxyl groups is 1. The van der Waals surface area contributed by atoms with Gasteiger partial charge in [-0.1, -0.05) is 56.5 Å². The van der Waals surface area contributed by atoms with Gasteiger partial charge in [0.05, 0.1) is 17.5 Å². The second-order valence-corrected chi connectivity index (χ2v) is 22.7. The lowest BCUT2D eigenvalue weighted by Gasteiger charge is -2.60. The summed E-state index contributed by atoms with van der Waals surface area (Å²) in [6, 6.07) is 14.9. The number of phenols is 1. The molecule has 2 aliphatic carbocycles. The van der Waals surface area contributed by atoms with Crippen molar-refractivity contribution < 1.29 is 24.6 Å². The minimum atomic E-state index is -0.870. The predicted molar refractivity (Wildman–Crippen MR) is 273 cm³/mol. The van der Waals surface area contributed by atoms with Crippen LogP contribution in [0.25, 0.3) is 11.3 Å². The van der Waals surface area contributed by atoms with Crippen LogP contribution in [0.4, 0.5) is 11.5 Å². The van der Waals surface area contributed by atoms with Crippen LogP contribution in [0, 0.1) is 29.1 Å². The first kappa shape index (κ1) is 50.0. The van der Waals surface area contributed by atoms with Gasteiger partial charge in [0, 0.05) is 92.4 Å². The zero-order valence-corrected chi connectivity index (χ0v) is 42.4. The van der Waals surface area contributed by atoms with E-state index in [1.807, 2.05) is 46.0 Å². The number of rotatable bonds is 12. The van der Waals surface area contributed by atoms with Gasteiger partial charge in [0.2, 0.25) is 17.7 Å². The minimum Gasteiger partial charge on any atom is -0.507 e. The van der Waals surface area contributed by atoms with E-state index in [2.05, 4.69) is 64.7 Å². The molecule has 1 spiro atoms. The Kier molecular flexibility index (Phi) is 14.7. The van der Waals surface area contributed by atoms with Crippen LogP contribution in [0.5, 0.6) is 5.75 Å². The Hall–Kier alpha value is -4.98. The molecule has 2 aromatic carbocycles. The predicted octanol–water partition coefficient (Wildman–Crippen LogP) is 5.33. The van der Waals surface area contributed by atoms with E-state index in [1.54, 1.807) is 24.3 Å². The molecule has 6 fully saturated rings. The molecule has 376 valence electrons. The van der Waals surface area contributed by atoms with E-state index < -0.39 is 23.6 Å². The number of phenolic OH excluding ortho intramolecular Hbond substituents is 1. The van der Waals surface area contributed by atoms with Crippen LogP contribution in [-0.2, 0) is 20.9 Å². The zero-order chi connectivity index (χ0) is 49.5. The first-order valence-electron chi connectivity index (χ1n) is 25.7. The van der Waals surface area contributed by atoms with Crippen LogP contribution >= 0.6 is 11.6 Å². The van der Waals surface area contributed by atoms with Crippen molar-refractivity contribution in [2.45, 2.75) is 134 Å². The number of terminal acetylenes is 1. The smallest absolute Gasteiger partial charge is 0.246 e. The van der Waals surface area contributed by atoms with Crippen LogP contribution in [-0.4, -0.2) is 159 Å². The van der Waals surface area contributed by atoms with E-state index >= 15 is 0 Å². The third-order valence-electron chi connectivity index (χ3n) is 16.7. The number of carbonyl (C=O) groups is 3. The molecule has 15 nitrogen and oxygen atoms in total. The molecule has 4 aliphatic heterocycles. The first-order chi connectivity index (χ1) is 33.5. The van der Waals surface area contributed by atoms with Gasteiger partial charge in [-0.2, -0.15) is 0 Å². The number of likely N-dealkylation sites (tertiary alicyclic amines) is 3. The molecule has 5 heterocycles. The topological polar surface area (TPSA) is 170 Å². The number of amides is 3. The molecule has 9 rings (SSSR count). The van der Waals surface area contributed by atoms with Crippen molar-refractivity contribution in [1.82, 2.24) is 40.4 Å². The van der Waals surface area contributed by atoms with Gasteiger partial charge in [0.1, 0.15) is 17.8 Å². The van der Waals surface area contributed by atoms with Crippen molar-refractivity contribution >= 4 is 40.8 Å². The van der Waals surface area contributed by atoms with E-state index in [0.29, 0.717) is 51.6 Å². The number of aromatic nitrogens is 2. The summed E-state index contributed by atoms with van der Waals surface area (Å²) in [5.74, 6) is 2.53. The van der Waals surface area contributed by atoms with Crippen molar-refractivity contribution in [3.05, 3.63) is 64.7 Å². The molecular weight excluding hydrogens is 904 g/mol. The van der Waals surface area contributed by atoms with E-state index in [0.717, 1.165) is 83.0 Å². The molecule has 0 radical (unpaired) electrons. The largest absolute Gasteiger partial charge is 0.507 e. The van der Waals surface area contributed by atoms with Crippen molar-refractivity contribution in [2.24, 2.45) is 16.7 Å². The number of anilines is 2. The van der Waals surface area contributed by atoms with Crippen molar-refractivity contribution in [3.63, 3.8) is 0 Å². The van der Waals surface area contributed by atoms with E-state index in [4.69, 9.17) is 18.0 Å². The first-order valence-corrected chi connectivity index (χ1v) is 26.0. The number of para-hydroxylation sites is 1. The summed E-state index contributed by atoms with van der Waals surface area (Å²) in [6.07, 6.45) is 13.5. The number of benzene rings is 2. The highest BCUT2D eigenvalue weighted by atomic mass is 35.5. The molecule has 3 amide bonds. The monoisotopic (exact) mass is 977 g/mol. The molecule has 0 unspecified atom stereocenters. The highest BCUT2D eigenvalue weighted by Crippen LogP contribution is 2.60. The van der Waals surface area contributed by atoms with Gasteiger partial charge in [-0.25, -0.2) is 0 Å². The Morgan fingerprint density at radius 1 is 0.871 bits per heavy atom. The van der Waals surface area contributed by atoms with Crippen LogP contribution < -0.4 is 20.9 Å². The maximum atomic E-state index is 14.2. The number of aromatic hydroxyl groups is 1. The average molecular weight is 978 g/mol. The number of aliphatic hydroxyl groups excluding tert-OH is 1. The van der Waals surface area contributed by atoms with E-state index in [9.17, 15) is 24.6 Å². The van der Waals surface area contributed by atoms with Crippen LogP contribution in [0.3, 0.4) is 0 Å². The number of piperazine rings is 1. The average Bonchev–Trinajstić information content (AvgIpc) is 3.73. The van der Waals surface area contributed by atoms with E-state index in [1.165, 1.54) is 30.6 Å². The fourth-order valence-corrected chi connectivity index (χ4v) is 12.9. The van der Waals surface area contributed by atoms with Gasteiger partial charge in [-0.3, -0.25) is 19.3 Å². The van der Waals surface area contributed by atoms with Gasteiger partial charge in [-0.05, 0) is 131 Å². The molecule has 3 aromatic rings. The van der Waals surface area contributed by atoms with E-state index in [-0.39, 0.29) is 54.3 Å². The number of halogens is 1. The number of β-amino-alcohol motifs (C(OH)–C–C–N with tert-alkyl or cyclic N) is 1. The number of piperidine rings is 2. The Balaban J connectivity index is 0.696. The fourth-order valence-electron chi connectivity index (χ4n) is 12.7. The molecule has 0 bridgehead atoms. The number of carbonyl (C=O) groups excluding carboxylic acids is 3. The second kappa shape index (κ2) is 20.6. The van der Waals surface area contributed by atoms with Crippen molar-refractivity contribution in [2.75, 3.05) is 69.6 Å². The minimum absolute atomic E-state index is 0.0233. The highest BCUT2D eigenvalue weighted by Gasteiger charge is 2.57. The summed E-state index contributed by atoms with van der Waals surface area (Å²) in [5, 5.41) is 39.7. The van der Waals surface area contributed by atoms with Crippen LogP contribution in [0.1, 0.15) is 96.6 Å². The molecule has 1 aromatic heterocycles. The Labute approximate surface area is 419 Å². The van der Waals surface area contributed by atoms with Crippen molar-refractivity contribution in [1.29, 1.82) is 0 Å². The molecule has 6 aliphatic rings. The van der Waals surface area contributed by atoms with Crippen molar-refractivity contribution in [3.8, 4) is 29.4 Å². The molecule has 16 heteroatoms. The number of hydrogen-bond donors (Lipinski definition) is 5. The fraction of sp³-hybridized carbons (Fsp3) is 0.611. The van der Waals surface area contributed by atoms with Gasteiger partial charge in [0.25, 0.3) is 0 Å².